The van der Waals surface area contributed by atoms with Crippen LogP contribution in [0.2, 0.25) is 5.02 Å². The number of carbonyl (C=O) groups is 1. The van der Waals surface area contributed by atoms with E-state index >= 15 is 0 Å². The van der Waals surface area contributed by atoms with Crippen LogP contribution in [0.3, 0.4) is 0 Å². The van der Waals surface area contributed by atoms with Gasteiger partial charge in [-0.1, -0.05) is 41.9 Å². The number of nitrogens with one attached hydrogen (secondary N) is 1. The Morgan fingerprint density at radius 3 is 2.46 bits per heavy atom. The van der Waals surface area contributed by atoms with Crippen molar-refractivity contribution >= 4 is 28.8 Å². The van der Waals surface area contributed by atoms with E-state index in [0.717, 1.165) is 5.56 Å². The molecule has 0 unspecified atom stereocenters. The number of pyridine rings is 1. The molecular formula is C20H13ClFN3O. The number of imidazole rings is 1. The summed E-state index contributed by atoms with van der Waals surface area (Å²) < 4.78 is 14.8. The normalized spacial score (nSPS) is 10.8. The van der Waals surface area contributed by atoms with E-state index in [1.54, 1.807) is 22.7 Å². The highest BCUT2D eigenvalue weighted by atomic mass is 35.5. The molecule has 4 nitrogen and oxygen atoms in total. The third-order valence-electron chi connectivity index (χ3n) is 3.95. The van der Waals surface area contributed by atoms with Crippen molar-refractivity contribution in [1.82, 2.24) is 9.38 Å². The fourth-order valence-electron chi connectivity index (χ4n) is 2.76. The second-order valence-electron chi connectivity index (χ2n) is 5.71. The van der Waals surface area contributed by atoms with Crippen LogP contribution in [-0.4, -0.2) is 15.3 Å². The SMILES string of the molecule is O=C(Nc1ccc(F)cc1)c1c(-c2ccccc2)nc2ccc(Cl)cn12. The van der Waals surface area contributed by atoms with E-state index in [1.807, 2.05) is 30.3 Å². The van der Waals surface area contributed by atoms with Crippen LogP contribution in [0.1, 0.15) is 10.5 Å². The zero-order valence-electron chi connectivity index (χ0n) is 13.5. The largest absolute Gasteiger partial charge is 0.321 e. The monoisotopic (exact) mass is 365 g/mol. The first-order valence-electron chi connectivity index (χ1n) is 7.92. The minimum atomic E-state index is -0.366. The summed E-state index contributed by atoms with van der Waals surface area (Å²) in [6.45, 7) is 0. The van der Waals surface area contributed by atoms with Crippen molar-refractivity contribution in [2.75, 3.05) is 5.32 Å². The molecule has 0 atom stereocenters. The molecule has 4 rings (SSSR count). The first kappa shape index (κ1) is 16.3. The number of halogens is 2. The van der Waals surface area contributed by atoms with Gasteiger partial charge >= 0.3 is 0 Å². The Kier molecular flexibility index (Phi) is 4.14. The molecule has 0 saturated carbocycles. The van der Waals surface area contributed by atoms with Crippen molar-refractivity contribution < 1.29 is 9.18 Å². The van der Waals surface area contributed by atoms with E-state index in [-0.39, 0.29) is 11.7 Å². The molecule has 1 amide bonds. The summed E-state index contributed by atoms with van der Waals surface area (Å²) in [7, 11) is 0. The van der Waals surface area contributed by atoms with Gasteiger partial charge in [-0.05, 0) is 36.4 Å². The Hall–Kier alpha value is -3.18. The van der Waals surface area contributed by atoms with Crippen LogP contribution in [0, 0.1) is 5.82 Å². The molecule has 0 aliphatic carbocycles. The summed E-state index contributed by atoms with van der Waals surface area (Å²) in [5.41, 5.74) is 2.83. The average molecular weight is 366 g/mol. The summed E-state index contributed by atoms with van der Waals surface area (Å²) in [5.74, 6) is -0.722. The molecule has 1 N–H and O–H groups in total. The molecule has 0 bridgehead atoms. The van der Waals surface area contributed by atoms with Gasteiger partial charge < -0.3 is 5.32 Å². The molecule has 0 aliphatic heterocycles. The molecule has 2 heterocycles. The van der Waals surface area contributed by atoms with Gasteiger partial charge in [0.25, 0.3) is 5.91 Å². The Labute approximate surface area is 153 Å². The maximum Gasteiger partial charge on any atom is 0.274 e. The van der Waals surface area contributed by atoms with Gasteiger partial charge in [-0.25, -0.2) is 9.37 Å². The lowest BCUT2D eigenvalue weighted by Gasteiger charge is -2.07. The minimum Gasteiger partial charge on any atom is -0.321 e. The number of benzene rings is 2. The number of aromatic nitrogens is 2. The van der Waals surface area contributed by atoms with E-state index in [2.05, 4.69) is 10.3 Å². The number of anilines is 1. The predicted octanol–water partition coefficient (Wildman–Crippen LogP) is 5.05. The van der Waals surface area contributed by atoms with Gasteiger partial charge in [0.05, 0.1) is 5.02 Å². The molecule has 0 aliphatic rings. The summed E-state index contributed by atoms with van der Waals surface area (Å²) >= 11 is 6.11. The van der Waals surface area contributed by atoms with E-state index in [9.17, 15) is 9.18 Å². The van der Waals surface area contributed by atoms with Gasteiger partial charge in [0, 0.05) is 17.4 Å². The zero-order chi connectivity index (χ0) is 18.1. The van der Waals surface area contributed by atoms with Crippen molar-refractivity contribution in [3.8, 4) is 11.3 Å². The minimum absolute atomic E-state index is 0.356. The number of nitrogens with zero attached hydrogens (tertiary/aromatic N) is 2. The molecule has 4 aromatic rings. The summed E-state index contributed by atoms with van der Waals surface area (Å²) in [4.78, 5) is 17.6. The second kappa shape index (κ2) is 6.61. The number of carbonyl (C=O) groups excluding carboxylic acids is 1. The molecular weight excluding hydrogens is 353 g/mol. The molecule has 0 saturated heterocycles. The number of fused-ring (bicyclic) bond motifs is 1. The Bertz CT molecular complexity index is 1090. The van der Waals surface area contributed by atoms with Gasteiger partial charge in [-0.3, -0.25) is 9.20 Å². The molecule has 26 heavy (non-hydrogen) atoms. The fraction of sp³-hybridized carbons (Fsp3) is 0. The summed E-state index contributed by atoms with van der Waals surface area (Å²) in [6.07, 6.45) is 1.65. The van der Waals surface area contributed by atoms with Crippen molar-refractivity contribution in [2.45, 2.75) is 0 Å². The number of hydrogen-bond acceptors (Lipinski definition) is 2. The van der Waals surface area contributed by atoms with Crippen LogP contribution < -0.4 is 5.32 Å². The number of hydrogen-bond donors (Lipinski definition) is 1. The fourth-order valence-corrected chi connectivity index (χ4v) is 2.92. The predicted molar refractivity (Wildman–Crippen MR) is 100.0 cm³/mol. The lowest BCUT2D eigenvalue weighted by molar-refractivity contribution is 0.102. The highest BCUT2D eigenvalue weighted by molar-refractivity contribution is 6.30. The maximum atomic E-state index is 13.1. The second-order valence-corrected chi connectivity index (χ2v) is 6.15. The van der Waals surface area contributed by atoms with Gasteiger partial charge in [-0.15, -0.1) is 0 Å². The summed E-state index contributed by atoms with van der Waals surface area (Å²) in [6, 6.07) is 18.5. The Morgan fingerprint density at radius 1 is 1.00 bits per heavy atom. The molecule has 2 aromatic heterocycles. The molecule has 6 heteroatoms. The van der Waals surface area contributed by atoms with E-state index in [4.69, 9.17) is 11.6 Å². The van der Waals surface area contributed by atoms with Crippen LogP contribution in [-0.2, 0) is 0 Å². The quantitative estimate of drug-likeness (QED) is 0.552. The molecule has 2 aromatic carbocycles. The van der Waals surface area contributed by atoms with Crippen LogP contribution in [0.4, 0.5) is 10.1 Å². The maximum absolute atomic E-state index is 13.1. The highest BCUT2D eigenvalue weighted by Gasteiger charge is 2.21. The Balaban J connectivity index is 1.84. The third-order valence-corrected chi connectivity index (χ3v) is 4.17. The van der Waals surface area contributed by atoms with Gasteiger partial charge in [-0.2, -0.15) is 0 Å². The molecule has 0 spiro atoms. The van der Waals surface area contributed by atoms with Gasteiger partial charge in [0.15, 0.2) is 0 Å². The number of rotatable bonds is 3. The lowest BCUT2D eigenvalue weighted by Crippen LogP contribution is -2.15. The summed E-state index contributed by atoms with van der Waals surface area (Å²) in [5, 5.41) is 3.27. The highest BCUT2D eigenvalue weighted by Crippen LogP contribution is 2.26. The van der Waals surface area contributed by atoms with Crippen LogP contribution in [0.5, 0.6) is 0 Å². The van der Waals surface area contributed by atoms with Gasteiger partial charge in [0.2, 0.25) is 0 Å². The van der Waals surface area contributed by atoms with Crippen molar-refractivity contribution in [1.29, 1.82) is 0 Å². The third kappa shape index (κ3) is 3.05. The van der Waals surface area contributed by atoms with Crippen LogP contribution in [0.25, 0.3) is 16.9 Å². The van der Waals surface area contributed by atoms with E-state index in [1.165, 1.54) is 24.3 Å². The van der Waals surface area contributed by atoms with Crippen molar-refractivity contribution in [2.24, 2.45) is 0 Å². The Morgan fingerprint density at radius 2 is 1.73 bits per heavy atom. The lowest BCUT2D eigenvalue weighted by atomic mass is 10.1. The molecule has 0 radical (unpaired) electrons. The first-order valence-corrected chi connectivity index (χ1v) is 8.29. The zero-order valence-corrected chi connectivity index (χ0v) is 14.2. The van der Waals surface area contributed by atoms with Crippen molar-refractivity contribution in [3.05, 3.63) is 89.5 Å². The number of amides is 1. The van der Waals surface area contributed by atoms with Crippen LogP contribution >= 0.6 is 11.6 Å². The van der Waals surface area contributed by atoms with E-state index in [0.29, 0.717) is 27.7 Å². The topological polar surface area (TPSA) is 46.4 Å². The smallest absolute Gasteiger partial charge is 0.274 e. The average Bonchev–Trinajstić information content (AvgIpc) is 3.03. The molecule has 128 valence electrons. The molecule has 0 fully saturated rings. The first-order chi connectivity index (χ1) is 12.6. The van der Waals surface area contributed by atoms with Crippen molar-refractivity contribution in [3.63, 3.8) is 0 Å². The van der Waals surface area contributed by atoms with Crippen LogP contribution in [0.15, 0.2) is 72.9 Å². The van der Waals surface area contributed by atoms with E-state index < -0.39 is 0 Å². The standard InChI is InChI=1S/C20H13ClFN3O/c21-14-6-11-17-24-18(13-4-2-1-3-5-13)19(25(17)12-14)20(26)23-16-9-7-15(22)8-10-16/h1-12H,(H,23,26). The van der Waals surface area contributed by atoms with Gasteiger partial charge in [0.1, 0.15) is 22.9 Å².